The molecule has 0 aliphatic rings. The van der Waals surface area contributed by atoms with E-state index in [1.165, 1.54) is 12.1 Å². The lowest BCUT2D eigenvalue weighted by Crippen LogP contribution is -2.16. The molecule has 0 aliphatic carbocycles. The Morgan fingerprint density at radius 3 is 2.79 bits per heavy atom. The lowest BCUT2D eigenvalue weighted by atomic mass is 10.2. The van der Waals surface area contributed by atoms with E-state index in [2.05, 4.69) is 25.9 Å². The lowest BCUT2D eigenvalue weighted by Gasteiger charge is -2.09. The minimum Gasteiger partial charge on any atom is -0.326 e. The smallest absolute Gasteiger partial charge is 0.326 e. The molecule has 0 fully saturated rings. The van der Waals surface area contributed by atoms with Crippen LogP contribution in [0.15, 0.2) is 24.3 Å². The summed E-state index contributed by atoms with van der Waals surface area (Å²) >= 11 is 0. The number of halogens is 3. The van der Waals surface area contributed by atoms with E-state index in [9.17, 15) is 18.0 Å². The Hall–Kier alpha value is -2.45. The van der Waals surface area contributed by atoms with Crippen LogP contribution in [0.1, 0.15) is 11.4 Å². The third-order valence-electron chi connectivity index (χ3n) is 2.18. The van der Waals surface area contributed by atoms with Crippen molar-refractivity contribution in [1.82, 2.24) is 20.6 Å². The zero-order valence-corrected chi connectivity index (χ0v) is 9.40. The number of nitrogens with zero attached hydrogens (tertiary/aromatic N) is 3. The van der Waals surface area contributed by atoms with E-state index in [0.717, 1.165) is 12.1 Å². The van der Waals surface area contributed by atoms with E-state index in [1.54, 1.807) is 0 Å². The minimum absolute atomic E-state index is 0.0586. The Bertz CT molecular complexity index is 567. The van der Waals surface area contributed by atoms with Gasteiger partial charge in [-0.2, -0.15) is 18.4 Å². The fourth-order valence-electron chi connectivity index (χ4n) is 1.38. The number of anilines is 1. The molecule has 0 atom stereocenters. The second kappa shape index (κ2) is 5.04. The molecule has 6 nitrogen and oxygen atoms in total. The van der Waals surface area contributed by atoms with Crippen molar-refractivity contribution in [1.29, 1.82) is 0 Å². The van der Waals surface area contributed by atoms with Crippen LogP contribution in [-0.4, -0.2) is 26.5 Å². The van der Waals surface area contributed by atoms with Gasteiger partial charge in [-0.3, -0.25) is 4.79 Å². The molecule has 0 spiro atoms. The second-order valence-electron chi connectivity index (χ2n) is 3.63. The molecule has 1 aromatic carbocycles. The molecule has 19 heavy (non-hydrogen) atoms. The first-order chi connectivity index (χ1) is 8.95. The van der Waals surface area contributed by atoms with Crippen LogP contribution in [-0.2, 0) is 17.4 Å². The van der Waals surface area contributed by atoms with Crippen molar-refractivity contribution in [3.8, 4) is 0 Å². The first-order valence-corrected chi connectivity index (χ1v) is 5.14. The van der Waals surface area contributed by atoms with Gasteiger partial charge in [0.1, 0.15) is 0 Å². The standard InChI is InChI=1S/C10H8F3N5O/c11-10(12,13)6-2-1-3-7(4-6)14-9(19)5-8-15-17-18-16-8/h1-4H,5H2,(H,14,19)(H,15,16,17,18). The maximum Gasteiger partial charge on any atom is 0.416 e. The highest BCUT2D eigenvalue weighted by Crippen LogP contribution is 2.30. The zero-order chi connectivity index (χ0) is 13.9. The van der Waals surface area contributed by atoms with Crippen LogP contribution in [0, 0.1) is 0 Å². The quantitative estimate of drug-likeness (QED) is 0.883. The van der Waals surface area contributed by atoms with Gasteiger partial charge in [0.25, 0.3) is 0 Å². The van der Waals surface area contributed by atoms with Gasteiger partial charge in [-0.1, -0.05) is 11.3 Å². The number of aromatic amines is 1. The number of amides is 1. The molecule has 2 rings (SSSR count). The number of hydrogen-bond acceptors (Lipinski definition) is 4. The zero-order valence-electron chi connectivity index (χ0n) is 9.40. The van der Waals surface area contributed by atoms with Crippen molar-refractivity contribution in [2.24, 2.45) is 0 Å². The van der Waals surface area contributed by atoms with E-state index in [1.807, 2.05) is 0 Å². The number of rotatable bonds is 3. The van der Waals surface area contributed by atoms with Crippen molar-refractivity contribution in [3.63, 3.8) is 0 Å². The molecule has 100 valence electrons. The minimum atomic E-state index is -4.45. The average molecular weight is 271 g/mol. The normalized spacial score (nSPS) is 11.3. The van der Waals surface area contributed by atoms with Gasteiger partial charge in [0.2, 0.25) is 5.91 Å². The summed E-state index contributed by atoms with van der Waals surface area (Å²) in [6.45, 7) is 0. The number of carbonyl (C=O) groups is 1. The summed E-state index contributed by atoms with van der Waals surface area (Å²) in [5, 5.41) is 14.9. The van der Waals surface area contributed by atoms with Crippen molar-refractivity contribution in [2.45, 2.75) is 12.6 Å². The van der Waals surface area contributed by atoms with Gasteiger partial charge >= 0.3 is 6.18 Å². The van der Waals surface area contributed by atoms with Crippen LogP contribution in [0.2, 0.25) is 0 Å². The van der Waals surface area contributed by atoms with E-state index in [-0.39, 0.29) is 17.9 Å². The Balaban J connectivity index is 2.05. The first kappa shape index (κ1) is 13.0. The van der Waals surface area contributed by atoms with Gasteiger partial charge in [0.15, 0.2) is 5.82 Å². The molecule has 0 bridgehead atoms. The molecular formula is C10H8F3N5O. The fraction of sp³-hybridized carbons (Fsp3) is 0.200. The number of tetrazole rings is 1. The van der Waals surface area contributed by atoms with Gasteiger partial charge in [-0.05, 0) is 18.2 Å². The molecule has 1 heterocycles. The van der Waals surface area contributed by atoms with Crippen LogP contribution in [0.3, 0.4) is 0 Å². The highest BCUT2D eigenvalue weighted by atomic mass is 19.4. The van der Waals surface area contributed by atoms with Crippen LogP contribution < -0.4 is 5.32 Å². The maximum absolute atomic E-state index is 12.5. The number of alkyl halides is 3. The molecule has 0 radical (unpaired) electrons. The van der Waals surface area contributed by atoms with E-state index < -0.39 is 17.6 Å². The van der Waals surface area contributed by atoms with Gasteiger partial charge < -0.3 is 5.32 Å². The molecule has 0 aliphatic heterocycles. The number of benzene rings is 1. The molecule has 1 amide bonds. The molecule has 1 aromatic heterocycles. The van der Waals surface area contributed by atoms with Crippen LogP contribution in [0.5, 0.6) is 0 Å². The molecule has 0 saturated carbocycles. The predicted octanol–water partition coefficient (Wildman–Crippen LogP) is 1.40. The fourth-order valence-corrected chi connectivity index (χ4v) is 1.38. The Kier molecular flexibility index (Phi) is 3.45. The summed E-state index contributed by atoms with van der Waals surface area (Å²) in [6, 6.07) is 4.36. The summed E-state index contributed by atoms with van der Waals surface area (Å²) in [5.74, 6) is -0.370. The van der Waals surface area contributed by atoms with Crippen LogP contribution in [0.25, 0.3) is 0 Å². The summed E-state index contributed by atoms with van der Waals surface area (Å²) < 4.78 is 37.4. The average Bonchev–Trinajstić information content (AvgIpc) is 2.80. The Morgan fingerprint density at radius 1 is 1.37 bits per heavy atom. The number of aromatic nitrogens is 4. The van der Waals surface area contributed by atoms with Gasteiger partial charge in [-0.15, -0.1) is 10.2 Å². The third kappa shape index (κ3) is 3.50. The molecule has 2 N–H and O–H groups in total. The Labute approximate surface area is 105 Å². The van der Waals surface area contributed by atoms with E-state index >= 15 is 0 Å². The topological polar surface area (TPSA) is 83.6 Å². The third-order valence-corrected chi connectivity index (χ3v) is 2.18. The van der Waals surface area contributed by atoms with Crippen molar-refractivity contribution in [2.75, 3.05) is 5.32 Å². The van der Waals surface area contributed by atoms with Crippen molar-refractivity contribution >= 4 is 11.6 Å². The van der Waals surface area contributed by atoms with Gasteiger partial charge in [0.05, 0.1) is 12.0 Å². The monoisotopic (exact) mass is 271 g/mol. The first-order valence-electron chi connectivity index (χ1n) is 5.14. The summed E-state index contributed by atoms with van der Waals surface area (Å²) in [5.41, 5.74) is -0.770. The van der Waals surface area contributed by atoms with E-state index in [4.69, 9.17) is 0 Å². The molecule has 9 heteroatoms. The number of nitrogens with one attached hydrogen (secondary N) is 2. The van der Waals surface area contributed by atoms with Crippen molar-refractivity contribution < 1.29 is 18.0 Å². The Morgan fingerprint density at radius 2 is 2.16 bits per heavy atom. The summed E-state index contributed by atoms with van der Waals surface area (Å²) in [7, 11) is 0. The largest absolute Gasteiger partial charge is 0.416 e. The van der Waals surface area contributed by atoms with Crippen LogP contribution >= 0.6 is 0 Å². The molecule has 0 unspecified atom stereocenters. The van der Waals surface area contributed by atoms with Crippen molar-refractivity contribution in [3.05, 3.63) is 35.7 Å². The molecule has 2 aromatic rings. The molecular weight excluding hydrogens is 263 g/mol. The maximum atomic E-state index is 12.5. The molecule has 0 saturated heterocycles. The predicted molar refractivity (Wildman–Crippen MR) is 58.0 cm³/mol. The number of carbonyl (C=O) groups excluding carboxylic acids is 1. The van der Waals surface area contributed by atoms with E-state index in [0.29, 0.717) is 0 Å². The van der Waals surface area contributed by atoms with Crippen LogP contribution in [0.4, 0.5) is 18.9 Å². The lowest BCUT2D eigenvalue weighted by molar-refractivity contribution is -0.137. The number of H-pyrrole nitrogens is 1. The van der Waals surface area contributed by atoms with Gasteiger partial charge in [0, 0.05) is 5.69 Å². The van der Waals surface area contributed by atoms with Gasteiger partial charge in [-0.25, -0.2) is 0 Å². The second-order valence-corrected chi connectivity index (χ2v) is 3.63. The summed E-state index contributed by atoms with van der Waals surface area (Å²) in [4.78, 5) is 11.5. The highest BCUT2D eigenvalue weighted by Gasteiger charge is 2.30. The highest BCUT2D eigenvalue weighted by molar-refractivity contribution is 5.91. The number of hydrogen-bond donors (Lipinski definition) is 2. The SMILES string of the molecule is O=C(Cc1nn[nH]n1)Nc1cccc(C(F)(F)F)c1. The summed E-state index contributed by atoms with van der Waals surface area (Å²) in [6.07, 6.45) is -4.62.